The third kappa shape index (κ3) is 2.96. The highest BCUT2D eigenvalue weighted by Crippen LogP contribution is 2.22. The van der Waals surface area contributed by atoms with Gasteiger partial charge in [0.15, 0.2) is 0 Å². The number of hydrogen-bond donors (Lipinski definition) is 2. The zero-order valence-corrected chi connectivity index (χ0v) is 9.46. The maximum atomic E-state index is 9.81. The van der Waals surface area contributed by atoms with Crippen LogP contribution in [-0.2, 0) is 0 Å². The molecule has 0 amide bonds. The number of anilines is 1. The second-order valence-electron chi connectivity index (χ2n) is 3.86. The number of benzene rings is 1. The lowest BCUT2D eigenvalue weighted by atomic mass is 10.0. The molecule has 0 aliphatic rings. The Hall–Kier alpha value is -1.57. The van der Waals surface area contributed by atoms with Gasteiger partial charge in [-0.15, -0.1) is 0 Å². The zero-order chi connectivity index (χ0) is 12.1. The molecule has 0 heterocycles. The topological polar surface area (TPSA) is 67.5 Å². The molecule has 0 aromatic heterocycles. The molecule has 0 aliphatic heterocycles. The summed E-state index contributed by atoms with van der Waals surface area (Å²) < 4.78 is 0. The van der Waals surface area contributed by atoms with Gasteiger partial charge in [0.25, 0.3) is 0 Å². The van der Waals surface area contributed by atoms with E-state index >= 15 is 0 Å². The van der Waals surface area contributed by atoms with Crippen molar-refractivity contribution in [2.24, 2.45) is 0 Å². The summed E-state index contributed by atoms with van der Waals surface area (Å²) in [6.45, 7) is 0. The molecule has 2 unspecified atom stereocenters. The van der Waals surface area contributed by atoms with Crippen LogP contribution in [0.5, 0.6) is 0 Å². The summed E-state index contributed by atoms with van der Waals surface area (Å²) in [6, 6.07) is 9.09. The van der Waals surface area contributed by atoms with Gasteiger partial charge in [0, 0.05) is 19.8 Å². The van der Waals surface area contributed by atoms with Crippen molar-refractivity contribution in [2.45, 2.75) is 18.6 Å². The molecular formula is C12H16N2O2. The summed E-state index contributed by atoms with van der Waals surface area (Å²) in [4.78, 5) is 1.91. The van der Waals surface area contributed by atoms with E-state index < -0.39 is 12.2 Å². The van der Waals surface area contributed by atoms with Crippen LogP contribution in [0.4, 0.5) is 5.69 Å². The van der Waals surface area contributed by atoms with E-state index in [4.69, 9.17) is 5.26 Å². The minimum absolute atomic E-state index is 0.0760. The normalized spacial score (nSPS) is 13.9. The molecule has 0 aliphatic carbocycles. The molecule has 1 aromatic rings. The molecule has 16 heavy (non-hydrogen) atoms. The summed E-state index contributed by atoms with van der Waals surface area (Å²) in [5.74, 6) is 0. The van der Waals surface area contributed by atoms with Crippen LogP contribution in [0.25, 0.3) is 0 Å². The molecule has 4 nitrogen and oxygen atoms in total. The third-order valence-electron chi connectivity index (χ3n) is 2.39. The molecule has 0 radical (unpaired) electrons. The summed E-state index contributed by atoms with van der Waals surface area (Å²) in [7, 11) is 3.80. The fourth-order valence-electron chi connectivity index (χ4n) is 1.41. The van der Waals surface area contributed by atoms with Crippen LogP contribution in [0, 0.1) is 11.3 Å². The summed E-state index contributed by atoms with van der Waals surface area (Å²) >= 11 is 0. The van der Waals surface area contributed by atoms with Gasteiger partial charge in [-0.05, 0) is 17.7 Å². The van der Waals surface area contributed by atoms with Gasteiger partial charge in [0.2, 0.25) is 0 Å². The highest BCUT2D eigenvalue weighted by atomic mass is 16.3. The van der Waals surface area contributed by atoms with Gasteiger partial charge in [0.1, 0.15) is 6.10 Å². The Morgan fingerprint density at radius 3 is 2.62 bits per heavy atom. The lowest BCUT2D eigenvalue weighted by Crippen LogP contribution is -2.18. The van der Waals surface area contributed by atoms with Gasteiger partial charge in [0.05, 0.1) is 18.6 Å². The van der Waals surface area contributed by atoms with E-state index in [9.17, 15) is 10.2 Å². The predicted octanol–water partition coefficient (Wildman–Crippen LogP) is 1.06. The van der Waals surface area contributed by atoms with Crippen molar-refractivity contribution in [1.82, 2.24) is 0 Å². The molecular weight excluding hydrogens is 204 g/mol. The van der Waals surface area contributed by atoms with Gasteiger partial charge in [-0.3, -0.25) is 0 Å². The molecule has 1 rings (SSSR count). The first-order valence-corrected chi connectivity index (χ1v) is 5.06. The Kier molecular flexibility index (Phi) is 4.29. The van der Waals surface area contributed by atoms with Crippen molar-refractivity contribution in [3.8, 4) is 6.07 Å². The van der Waals surface area contributed by atoms with Crippen LogP contribution in [0.1, 0.15) is 18.1 Å². The lowest BCUT2D eigenvalue weighted by Gasteiger charge is -2.18. The Labute approximate surface area is 95.4 Å². The SMILES string of the molecule is CN(C)c1cccc(C(O)C(O)CC#N)c1. The van der Waals surface area contributed by atoms with E-state index in [-0.39, 0.29) is 6.42 Å². The third-order valence-corrected chi connectivity index (χ3v) is 2.39. The number of rotatable bonds is 4. The number of aliphatic hydroxyl groups excluding tert-OH is 2. The van der Waals surface area contributed by atoms with Crippen molar-refractivity contribution in [3.63, 3.8) is 0 Å². The maximum Gasteiger partial charge on any atom is 0.106 e. The largest absolute Gasteiger partial charge is 0.389 e. The monoisotopic (exact) mass is 220 g/mol. The summed E-state index contributed by atoms with van der Waals surface area (Å²) in [5.41, 5.74) is 1.56. The average Bonchev–Trinajstić information content (AvgIpc) is 2.28. The van der Waals surface area contributed by atoms with Gasteiger partial charge in [-0.2, -0.15) is 5.26 Å². The first kappa shape index (κ1) is 12.5. The van der Waals surface area contributed by atoms with Crippen molar-refractivity contribution in [2.75, 3.05) is 19.0 Å². The number of hydrogen-bond acceptors (Lipinski definition) is 4. The molecule has 2 atom stereocenters. The van der Waals surface area contributed by atoms with Crippen molar-refractivity contribution in [3.05, 3.63) is 29.8 Å². The maximum absolute atomic E-state index is 9.81. The van der Waals surface area contributed by atoms with Crippen LogP contribution in [-0.4, -0.2) is 30.4 Å². The standard InChI is InChI=1S/C12H16N2O2/c1-14(2)10-5-3-4-9(8-10)12(16)11(15)6-7-13/h3-5,8,11-12,15-16H,6H2,1-2H3. The van der Waals surface area contributed by atoms with E-state index in [0.717, 1.165) is 5.69 Å². The predicted molar refractivity (Wildman–Crippen MR) is 62.0 cm³/mol. The molecule has 0 spiro atoms. The quantitative estimate of drug-likeness (QED) is 0.796. The Morgan fingerprint density at radius 1 is 1.38 bits per heavy atom. The van der Waals surface area contributed by atoms with Gasteiger partial charge in [-0.1, -0.05) is 12.1 Å². The molecule has 86 valence electrons. The molecule has 0 saturated heterocycles. The van der Waals surface area contributed by atoms with Crippen molar-refractivity contribution in [1.29, 1.82) is 5.26 Å². The number of nitrogens with zero attached hydrogens (tertiary/aromatic N) is 2. The number of aliphatic hydroxyl groups is 2. The second-order valence-corrected chi connectivity index (χ2v) is 3.86. The minimum Gasteiger partial charge on any atom is -0.389 e. The summed E-state index contributed by atoms with van der Waals surface area (Å²) in [6.07, 6.45) is -2.13. The van der Waals surface area contributed by atoms with E-state index in [1.807, 2.05) is 37.2 Å². The fourth-order valence-corrected chi connectivity index (χ4v) is 1.41. The highest BCUT2D eigenvalue weighted by molar-refractivity contribution is 5.47. The van der Waals surface area contributed by atoms with Gasteiger partial charge >= 0.3 is 0 Å². The highest BCUT2D eigenvalue weighted by Gasteiger charge is 2.18. The van der Waals surface area contributed by atoms with Gasteiger partial charge in [-0.25, -0.2) is 0 Å². The smallest absolute Gasteiger partial charge is 0.106 e. The molecule has 2 N–H and O–H groups in total. The van der Waals surface area contributed by atoms with E-state index in [1.165, 1.54) is 0 Å². The molecule has 0 fully saturated rings. The first-order valence-electron chi connectivity index (χ1n) is 5.06. The van der Waals surface area contributed by atoms with Crippen LogP contribution in [0.15, 0.2) is 24.3 Å². The number of nitriles is 1. The molecule has 4 heteroatoms. The molecule has 1 aromatic carbocycles. The fraction of sp³-hybridized carbons (Fsp3) is 0.417. The van der Waals surface area contributed by atoms with E-state index in [1.54, 1.807) is 12.1 Å². The van der Waals surface area contributed by atoms with E-state index in [2.05, 4.69) is 0 Å². The average molecular weight is 220 g/mol. The van der Waals surface area contributed by atoms with Crippen molar-refractivity contribution >= 4 is 5.69 Å². The van der Waals surface area contributed by atoms with Gasteiger partial charge < -0.3 is 15.1 Å². The molecule has 0 bridgehead atoms. The molecule has 0 saturated carbocycles. The Balaban J connectivity index is 2.87. The Morgan fingerprint density at radius 2 is 2.06 bits per heavy atom. The van der Waals surface area contributed by atoms with Crippen molar-refractivity contribution < 1.29 is 10.2 Å². The first-order chi connectivity index (χ1) is 7.56. The minimum atomic E-state index is -1.04. The Bertz CT molecular complexity index is 385. The second kappa shape index (κ2) is 5.50. The van der Waals surface area contributed by atoms with Crippen LogP contribution in [0.2, 0.25) is 0 Å². The lowest BCUT2D eigenvalue weighted by molar-refractivity contribution is 0.0216. The zero-order valence-electron chi connectivity index (χ0n) is 9.46. The van der Waals surface area contributed by atoms with Crippen LogP contribution >= 0.6 is 0 Å². The van der Waals surface area contributed by atoms with Crippen LogP contribution < -0.4 is 4.90 Å². The van der Waals surface area contributed by atoms with E-state index in [0.29, 0.717) is 5.56 Å². The van der Waals surface area contributed by atoms with Crippen LogP contribution in [0.3, 0.4) is 0 Å². The summed E-state index contributed by atoms with van der Waals surface area (Å²) in [5, 5.41) is 27.8.